The lowest BCUT2D eigenvalue weighted by atomic mass is 10.1. The van der Waals surface area contributed by atoms with Crippen LogP contribution in [0.1, 0.15) is 17.3 Å². The van der Waals surface area contributed by atoms with Gasteiger partial charge in [-0.3, -0.25) is 4.79 Å². The molecule has 0 aliphatic carbocycles. The molecule has 1 aliphatic rings. The van der Waals surface area contributed by atoms with Gasteiger partial charge in [-0.25, -0.2) is 0 Å². The molecule has 0 aromatic heterocycles. The SMILES string of the molecule is CCN(CC1COc2ccccc2O1)C(=O)c1ccc2ccccc2c1. The molecule has 0 fully saturated rings. The summed E-state index contributed by atoms with van der Waals surface area (Å²) < 4.78 is 11.8. The number of ether oxygens (including phenoxy) is 2. The Hall–Kier alpha value is -3.01. The van der Waals surface area contributed by atoms with Gasteiger partial charge in [0.15, 0.2) is 17.6 Å². The zero-order chi connectivity index (χ0) is 17.9. The van der Waals surface area contributed by atoms with Crippen molar-refractivity contribution in [3.63, 3.8) is 0 Å². The summed E-state index contributed by atoms with van der Waals surface area (Å²) in [6, 6.07) is 21.5. The number of rotatable bonds is 4. The van der Waals surface area contributed by atoms with Crippen LogP contribution in [0, 0.1) is 0 Å². The molecule has 4 heteroatoms. The van der Waals surface area contributed by atoms with Gasteiger partial charge in [0, 0.05) is 12.1 Å². The van der Waals surface area contributed by atoms with Gasteiger partial charge < -0.3 is 14.4 Å². The summed E-state index contributed by atoms with van der Waals surface area (Å²) in [7, 11) is 0. The van der Waals surface area contributed by atoms with Crippen LogP contribution in [0.3, 0.4) is 0 Å². The van der Waals surface area contributed by atoms with E-state index < -0.39 is 0 Å². The van der Waals surface area contributed by atoms with Gasteiger partial charge in [-0.1, -0.05) is 42.5 Å². The Kier molecular flexibility index (Phi) is 4.48. The lowest BCUT2D eigenvalue weighted by Gasteiger charge is -2.31. The van der Waals surface area contributed by atoms with Crippen LogP contribution in [-0.2, 0) is 0 Å². The summed E-state index contributed by atoms with van der Waals surface area (Å²) in [5.41, 5.74) is 0.697. The van der Waals surface area contributed by atoms with Crippen LogP contribution in [0.5, 0.6) is 11.5 Å². The van der Waals surface area contributed by atoms with Crippen LogP contribution in [0.25, 0.3) is 10.8 Å². The lowest BCUT2D eigenvalue weighted by molar-refractivity contribution is 0.0475. The Balaban J connectivity index is 1.50. The first kappa shape index (κ1) is 16.5. The summed E-state index contributed by atoms with van der Waals surface area (Å²) in [5, 5.41) is 2.20. The van der Waals surface area contributed by atoms with Gasteiger partial charge in [0.25, 0.3) is 5.91 Å². The van der Waals surface area contributed by atoms with E-state index in [-0.39, 0.29) is 12.0 Å². The van der Waals surface area contributed by atoms with E-state index in [0.717, 1.165) is 22.3 Å². The van der Waals surface area contributed by atoms with Crippen LogP contribution < -0.4 is 9.47 Å². The molecule has 3 aromatic rings. The third-order valence-corrected chi connectivity index (χ3v) is 4.66. The van der Waals surface area contributed by atoms with E-state index in [4.69, 9.17) is 9.47 Å². The summed E-state index contributed by atoms with van der Waals surface area (Å²) >= 11 is 0. The summed E-state index contributed by atoms with van der Waals surface area (Å²) in [6.45, 7) is 3.54. The van der Waals surface area contributed by atoms with Crippen molar-refractivity contribution in [1.82, 2.24) is 4.90 Å². The predicted molar refractivity (Wildman–Crippen MR) is 102 cm³/mol. The average molecular weight is 347 g/mol. The highest BCUT2D eigenvalue weighted by atomic mass is 16.6. The van der Waals surface area contributed by atoms with E-state index in [0.29, 0.717) is 25.3 Å². The van der Waals surface area contributed by atoms with E-state index in [1.807, 2.05) is 78.6 Å². The molecule has 1 aliphatic heterocycles. The second kappa shape index (κ2) is 7.08. The number of hydrogen-bond donors (Lipinski definition) is 0. The lowest BCUT2D eigenvalue weighted by Crippen LogP contribution is -2.43. The van der Waals surface area contributed by atoms with E-state index in [1.54, 1.807) is 0 Å². The molecule has 4 nitrogen and oxygen atoms in total. The van der Waals surface area contributed by atoms with Gasteiger partial charge in [0.2, 0.25) is 0 Å². The Morgan fingerprint density at radius 2 is 1.73 bits per heavy atom. The molecule has 1 amide bonds. The molecular weight excluding hydrogens is 326 g/mol. The van der Waals surface area contributed by atoms with Crippen molar-refractivity contribution < 1.29 is 14.3 Å². The van der Waals surface area contributed by atoms with Crippen LogP contribution in [0.15, 0.2) is 66.7 Å². The van der Waals surface area contributed by atoms with Gasteiger partial charge in [-0.2, -0.15) is 0 Å². The molecular formula is C22H21NO3. The molecule has 1 unspecified atom stereocenters. The quantitative estimate of drug-likeness (QED) is 0.712. The van der Waals surface area contributed by atoms with Gasteiger partial charge >= 0.3 is 0 Å². The molecule has 0 radical (unpaired) electrons. The second-order valence-corrected chi connectivity index (χ2v) is 6.40. The summed E-state index contributed by atoms with van der Waals surface area (Å²) in [5.74, 6) is 1.51. The second-order valence-electron chi connectivity index (χ2n) is 6.40. The van der Waals surface area contributed by atoms with Crippen molar-refractivity contribution in [2.45, 2.75) is 13.0 Å². The number of carbonyl (C=O) groups is 1. The van der Waals surface area contributed by atoms with Crippen molar-refractivity contribution in [3.05, 3.63) is 72.3 Å². The largest absolute Gasteiger partial charge is 0.486 e. The van der Waals surface area contributed by atoms with Gasteiger partial charge in [0.05, 0.1) is 6.54 Å². The third kappa shape index (κ3) is 3.23. The maximum Gasteiger partial charge on any atom is 0.253 e. The van der Waals surface area contributed by atoms with Crippen molar-refractivity contribution in [2.75, 3.05) is 19.7 Å². The topological polar surface area (TPSA) is 38.8 Å². The normalized spacial score (nSPS) is 15.7. The minimum Gasteiger partial charge on any atom is -0.486 e. The Morgan fingerprint density at radius 1 is 1.00 bits per heavy atom. The molecule has 0 bridgehead atoms. The summed E-state index contributed by atoms with van der Waals surface area (Å²) in [6.07, 6.45) is -0.172. The van der Waals surface area contributed by atoms with Gasteiger partial charge in [-0.05, 0) is 42.0 Å². The fraction of sp³-hybridized carbons (Fsp3) is 0.227. The summed E-state index contributed by atoms with van der Waals surface area (Å²) in [4.78, 5) is 14.8. The van der Waals surface area contributed by atoms with Crippen LogP contribution >= 0.6 is 0 Å². The maximum atomic E-state index is 13.0. The number of benzene rings is 3. The van der Waals surface area contributed by atoms with Crippen molar-refractivity contribution in [2.24, 2.45) is 0 Å². The average Bonchev–Trinajstić information content (AvgIpc) is 2.71. The number of nitrogens with zero attached hydrogens (tertiary/aromatic N) is 1. The molecule has 0 spiro atoms. The Labute approximate surface area is 153 Å². The van der Waals surface area contributed by atoms with Crippen molar-refractivity contribution in [1.29, 1.82) is 0 Å². The Morgan fingerprint density at radius 3 is 2.54 bits per heavy atom. The number of likely N-dealkylation sites (N-methyl/N-ethyl adjacent to an activating group) is 1. The van der Waals surface area contributed by atoms with Gasteiger partial charge in [0.1, 0.15) is 6.61 Å². The van der Waals surface area contributed by atoms with Gasteiger partial charge in [-0.15, -0.1) is 0 Å². The number of hydrogen-bond acceptors (Lipinski definition) is 3. The number of para-hydroxylation sites is 2. The van der Waals surface area contributed by atoms with E-state index >= 15 is 0 Å². The molecule has 4 rings (SSSR count). The maximum absolute atomic E-state index is 13.0. The first-order valence-electron chi connectivity index (χ1n) is 8.91. The third-order valence-electron chi connectivity index (χ3n) is 4.66. The molecule has 26 heavy (non-hydrogen) atoms. The zero-order valence-corrected chi connectivity index (χ0v) is 14.7. The first-order chi connectivity index (χ1) is 12.7. The Bertz CT molecular complexity index is 937. The minimum absolute atomic E-state index is 0.0145. The highest BCUT2D eigenvalue weighted by molar-refractivity contribution is 5.98. The molecule has 0 N–H and O–H groups in total. The van der Waals surface area contributed by atoms with Crippen LogP contribution in [0.4, 0.5) is 0 Å². The fourth-order valence-corrected chi connectivity index (χ4v) is 3.26. The monoisotopic (exact) mass is 347 g/mol. The van der Waals surface area contributed by atoms with Crippen LogP contribution in [-0.4, -0.2) is 36.6 Å². The first-order valence-corrected chi connectivity index (χ1v) is 8.91. The van der Waals surface area contributed by atoms with Crippen LogP contribution in [0.2, 0.25) is 0 Å². The molecule has 0 saturated carbocycles. The molecule has 1 heterocycles. The smallest absolute Gasteiger partial charge is 0.253 e. The number of fused-ring (bicyclic) bond motifs is 2. The molecule has 3 aromatic carbocycles. The van der Waals surface area contributed by atoms with E-state index in [2.05, 4.69) is 0 Å². The predicted octanol–water partition coefficient (Wildman–Crippen LogP) is 4.14. The molecule has 0 saturated heterocycles. The highest BCUT2D eigenvalue weighted by Crippen LogP contribution is 2.31. The number of carbonyl (C=O) groups excluding carboxylic acids is 1. The highest BCUT2D eigenvalue weighted by Gasteiger charge is 2.25. The standard InChI is InChI=1S/C22H21NO3/c1-2-23(14-19-15-25-20-9-5-6-10-21(20)26-19)22(24)18-12-11-16-7-3-4-8-17(16)13-18/h3-13,19H,2,14-15H2,1H3. The van der Waals surface area contributed by atoms with Crippen molar-refractivity contribution >= 4 is 16.7 Å². The van der Waals surface area contributed by atoms with Crippen molar-refractivity contribution in [3.8, 4) is 11.5 Å². The molecule has 132 valence electrons. The molecule has 1 atom stereocenters. The number of amides is 1. The minimum atomic E-state index is -0.172. The fourth-order valence-electron chi connectivity index (χ4n) is 3.26. The van der Waals surface area contributed by atoms with E-state index in [9.17, 15) is 4.79 Å². The van der Waals surface area contributed by atoms with E-state index in [1.165, 1.54) is 0 Å². The zero-order valence-electron chi connectivity index (χ0n) is 14.7.